The Kier molecular flexibility index (Phi) is 4.01. The summed E-state index contributed by atoms with van der Waals surface area (Å²) in [6.45, 7) is 4.35. The number of amides is 1. The van der Waals surface area contributed by atoms with Crippen LogP contribution in [0.4, 0.5) is 5.69 Å². The molecule has 0 spiro atoms. The Morgan fingerprint density at radius 2 is 2.29 bits per heavy atom. The van der Waals surface area contributed by atoms with E-state index in [4.69, 9.17) is 15.2 Å². The zero-order chi connectivity index (χ0) is 14.8. The van der Waals surface area contributed by atoms with Gasteiger partial charge in [-0.3, -0.25) is 4.79 Å². The van der Waals surface area contributed by atoms with Gasteiger partial charge in [0.25, 0.3) is 0 Å². The molecule has 1 fully saturated rings. The van der Waals surface area contributed by atoms with Crippen LogP contribution in [-0.4, -0.2) is 24.1 Å². The average Bonchev–Trinajstić information content (AvgIpc) is 2.79. The van der Waals surface area contributed by atoms with Crippen LogP contribution >= 0.6 is 0 Å². The Balaban J connectivity index is 1.79. The van der Waals surface area contributed by atoms with Gasteiger partial charge >= 0.3 is 0 Å². The van der Waals surface area contributed by atoms with Crippen LogP contribution in [0.15, 0.2) is 12.1 Å². The van der Waals surface area contributed by atoms with Crippen LogP contribution in [0.2, 0.25) is 0 Å². The largest absolute Gasteiger partial charge is 0.467 e. The first-order valence-corrected chi connectivity index (χ1v) is 7.57. The van der Waals surface area contributed by atoms with E-state index >= 15 is 0 Å². The number of nitrogen functional groups attached to an aromatic ring is 1. The number of fused-ring (bicyclic) bond motifs is 1. The molecule has 0 aromatic heterocycles. The van der Waals surface area contributed by atoms with E-state index in [9.17, 15) is 4.79 Å². The van der Waals surface area contributed by atoms with Crippen molar-refractivity contribution in [1.29, 1.82) is 0 Å². The predicted molar refractivity (Wildman–Crippen MR) is 79.6 cm³/mol. The Labute approximate surface area is 125 Å². The molecule has 0 aliphatic carbocycles. The number of nitrogens with zero attached hydrogens (tertiary/aromatic N) is 1. The van der Waals surface area contributed by atoms with E-state index in [1.165, 1.54) is 0 Å². The van der Waals surface area contributed by atoms with Crippen LogP contribution in [0.3, 0.4) is 0 Å². The summed E-state index contributed by atoms with van der Waals surface area (Å²) in [5, 5.41) is 0. The maximum absolute atomic E-state index is 12.1. The van der Waals surface area contributed by atoms with E-state index in [0.29, 0.717) is 31.2 Å². The molecular formula is C16H22N2O3. The average molecular weight is 290 g/mol. The van der Waals surface area contributed by atoms with Crippen LogP contribution in [0.25, 0.3) is 0 Å². The van der Waals surface area contributed by atoms with Crippen molar-refractivity contribution in [3.05, 3.63) is 23.3 Å². The fourth-order valence-electron chi connectivity index (χ4n) is 3.26. The molecule has 2 aliphatic heterocycles. The van der Waals surface area contributed by atoms with E-state index in [1.807, 2.05) is 17.0 Å². The fraction of sp³-hybridized carbons (Fsp3) is 0.562. The van der Waals surface area contributed by atoms with Crippen LogP contribution in [0.1, 0.15) is 37.3 Å². The first-order chi connectivity index (χ1) is 10.2. The van der Waals surface area contributed by atoms with Crippen molar-refractivity contribution in [2.75, 3.05) is 19.1 Å². The number of hydrogen-bond acceptors (Lipinski definition) is 4. The first-order valence-electron chi connectivity index (χ1n) is 7.57. The van der Waals surface area contributed by atoms with Crippen molar-refractivity contribution in [3.8, 4) is 5.75 Å². The van der Waals surface area contributed by atoms with Crippen LogP contribution in [0, 0.1) is 5.92 Å². The van der Waals surface area contributed by atoms with Gasteiger partial charge in [0.2, 0.25) is 5.91 Å². The molecule has 1 unspecified atom stereocenters. The molecule has 0 saturated carbocycles. The topological polar surface area (TPSA) is 64.8 Å². The molecule has 114 valence electrons. The van der Waals surface area contributed by atoms with Crippen molar-refractivity contribution in [1.82, 2.24) is 4.90 Å². The van der Waals surface area contributed by atoms with Crippen molar-refractivity contribution in [3.63, 3.8) is 0 Å². The second kappa shape index (κ2) is 5.93. The van der Waals surface area contributed by atoms with Gasteiger partial charge in [-0.15, -0.1) is 0 Å². The molecule has 0 bridgehead atoms. The first kappa shape index (κ1) is 14.2. The van der Waals surface area contributed by atoms with Gasteiger partial charge in [-0.05, 0) is 24.5 Å². The molecule has 0 radical (unpaired) electrons. The molecule has 2 aliphatic rings. The van der Waals surface area contributed by atoms with Crippen LogP contribution < -0.4 is 10.5 Å². The summed E-state index contributed by atoms with van der Waals surface area (Å²) >= 11 is 0. The van der Waals surface area contributed by atoms with Gasteiger partial charge < -0.3 is 20.1 Å². The normalized spacial score (nSPS) is 21.3. The molecular weight excluding hydrogens is 268 g/mol. The SMILES string of the molecule is CCCC1CC(=O)N(Cc2cc(N)cc3c2OCOC3)C1. The molecule has 3 rings (SSSR count). The number of hydrogen-bond donors (Lipinski definition) is 1. The Hall–Kier alpha value is -1.75. The Morgan fingerprint density at radius 3 is 3.10 bits per heavy atom. The lowest BCUT2D eigenvalue weighted by Crippen LogP contribution is -2.26. The van der Waals surface area contributed by atoms with Gasteiger partial charge in [-0.2, -0.15) is 0 Å². The molecule has 1 aromatic rings. The van der Waals surface area contributed by atoms with E-state index < -0.39 is 0 Å². The second-order valence-corrected chi connectivity index (χ2v) is 5.91. The van der Waals surface area contributed by atoms with E-state index in [1.54, 1.807) is 0 Å². The molecule has 1 aromatic carbocycles. The summed E-state index contributed by atoms with van der Waals surface area (Å²) < 4.78 is 10.9. The zero-order valence-electron chi connectivity index (χ0n) is 12.4. The molecule has 2 heterocycles. The number of carbonyl (C=O) groups is 1. The smallest absolute Gasteiger partial charge is 0.223 e. The third-order valence-corrected chi connectivity index (χ3v) is 4.16. The highest BCUT2D eigenvalue weighted by Crippen LogP contribution is 2.33. The van der Waals surface area contributed by atoms with Crippen LogP contribution in [0.5, 0.6) is 5.75 Å². The zero-order valence-corrected chi connectivity index (χ0v) is 12.4. The monoisotopic (exact) mass is 290 g/mol. The van der Waals surface area contributed by atoms with Gasteiger partial charge in [0, 0.05) is 36.3 Å². The van der Waals surface area contributed by atoms with Crippen molar-refractivity contribution < 1.29 is 14.3 Å². The number of rotatable bonds is 4. The van der Waals surface area contributed by atoms with E-state index in [2.05, 4.69) is 6.92 Å². The number of likely N-dealkylation sites (tertiary alicyclic amines) is 1. The third kappa shape index (κ3) is 2.97. The van der Waals surface area contributed by atoms with Gasteiger partial charge in [-0.25, -0.2) is 0 Å². The summed E-state index contributed by atoms with van der Waals surface area (Å²) in [4.78, 5) is 14.1. The van der Waals surface area contributed by atoms with Crippen molar-refractivity contribution in [2.24, 2.45) is 5.92 Å². The number of anilines is 1. The summed E-state index contributed by atoms with van der Waals surface area (Å²) in [6.07, 6.45) is 2.91. The third-order valence-electron chi connectivity index (χ3n) is 4.16. The molecule has 2 N–H and O–H groups in total. The number of nitrogens with two attached hydrogens (primary N) is 1. The number of carbonyl (C=O) groups excluding carboxylic acids is 1. The maximum atomic E-state index is 12.1. The van der Waals surface area contributed by atoms with Gasteiger partial charge in [0.1, 0.15) is 5.75 Å². The van der Waals surface area contributed by atoms with Crippen molar-refractivity contribution >= 4 is 11.6 Å². The van der Waals surface area contributed by atoms with Crippen LogP contribution in [-0.2, 0) is 22.7 Å². The Bertz CT molecular complexity index is 545. The molecule has 1 atom stereocenters. The Morgan fingerprint density at radius 1 is 1.43 bits per heavy atom. The standard InChI is InChI=1S/C16H22N2O3/c1-2-3-11-4-15(19)18(7-11)8-12-5-14(17)6-13-9-20-10-21-16(12)13/h5-6,11H,2-4,7-10,17H2,1H3. The molecule has 1 saturated heterocycles. The molecule has 21 heavy (non-hydrogen) atoms. The predicted octanol–water partition coefficient (Wildman–Crippen LogP) is 2.28. The second-order valence-electron chi connectivity index (χ2n) is 5.91. The minimum atomic E-state index is 0.233. The number of benzene rings is 1. The summed E-state index contributed by atoms with van der Waals surface area (Å²) in [7, 11) is 0. The van der Waals surface area contributed by atoms with E-state index in [0.717, 1.165) is 36.3 Å². The maximum Gasteiger partial charge on any atom is 0.223 e. The van der Waals surface area contributed by atoms with E-state index in [-0.39, 0.29) is 12.7 Å². The van der Waals surface area contributed by atoms with Crippen molar-refractivity contribution in [2.45, 2.75) is 39.3 Å². The molecule has 5 heteroatoms. The highest BCUT2D eigenvalue weighted by molar-refractivity contribution is 5.78. The van der Waals surface area contributed by atoms with Gasteiger partial charge in [0.15, 0.2) is 6.79 Å². The summed E-state index contributed by atoms with van der Waals surface area (Å²) in [6, 6.07) is 3.79. The highest BCUT2D eigenvalue weighted by atomic mass is 16.7. The molecule has 5 nitrogen and oxygen atoms in total. The molecule has 1 amide bonds. The highest BCUT2D eigenvalue weighted by Gasteiger charge is 2.30. The minimum absolute atomic E-state index is 0.233. The van der Waals surface area contributed by atoms with Gasteiger partial charge in [0.05, 0.1) is 6.61 Å². The quantitative estimate of drug-likeness (QED) is 0.864. The fourth-order valence-corrected chi connectivity index (χ4v) is 3.26. The lowest BCUT2D eigenvalue weighted by Gasteiger charge is -2.24. The summed E-state index contributed by atoms with van der Waals surface area (Å²) in [5.74, 6) is 1.56. The number of ether oxygens (including phenoxy) is 2. The lowest BCUT2D eigenvalue weighted by molar-refractivity contribution is -0.128. The van der Waals surface area contributed by atoms with Gasteiger partial charge in [-0.1, -0.05) is 13.3 Å². The minimum Gasteiger partial charge on any atom is -0.467 e. The summed E-state index contributed by atoms with van der Waals surface area (Å²) in [5.41, 5.74) is 8.59. The lowest BCUT2D eigenvalue weighted by atomic mass is 10.0.